The van der Waals surface area contributed by atoms with E-state index in [0.29, 0.717) is 11.3 Å². The van der Waals surface area contributed by atoms with Crippen molar-refractivity contribution in [2.75, 3.05) is 19.0 Å². The summed E-state index contributed by atoms with van der Waals surface area (Å²) in [5, 5.41) is 14.9. The molecule has 2 amide bonds. The number of carbonyl (C=O) groups excluding carboxylic acids is 3. The van der Waals surface area contributed by atoms with Crippen molar-refractivity contribution in [1.82, 2.24) is 5.32 Å². The molecule has 8 heteroatoms. The second-order valence-electron chi connectivity index (χ2n) is 5.46. The number of methoxy groups -OCH3 is 1. The fraction of sp³-hybridized carbons (Fsp3) is 0.235. The number of anilines is 1. The van der Waals surface area contributed by atoms with E-state index in [1.165, 1.54) is 44.6 Å². The molecule has 0 fully saturated rings. The highest BCUT2D eigenvalue weighted by atomic mass is 16.5. The molecule has 132 valence electrons. The minimum Gasteiger partial charge on any atom is -0.466 e. The number of esters is 1. The van der Waals surface area contributed by atoms with E-state index in [4.69, 9.17) is 4.42 Å². The van der Waals surface area contributed by atoms with Gasteiger partial charge in [-0.25, -0.2) is 4.79 Å². The maximum absolute atomic E-state index is 11.9. The molecule has 1 heterocycles. The van der Waals surface area contributed by atoms with Gasteiger partial charge in [0.05, 0.1) is 25.5 Å². The summed E-state index contributed by atoms with van der Waals surface area (Å²) in [5.41, 5.74) is -0.785. The van der Waals surface area contributed by atoms with Crippen LogP contribution in [-0.2, 0) is 19.9 Å². The maximum Gasteiger partial charge on any atom is 0.337 e. The normalized spacial score (nSPS) is 12.8. The van der Waals surface area contributed by atoms with Crippen molar-refractivity contribution in [3.8, 4) is 0 Å². The molecule has 0 aliphatic heterocycles. The topological polar surface area (TPSA) is 118 Å². The van der Waals surface area contributed by atoms with Crippen LogP contribution in [0.3, 0.4) is 0 Å². The molecule has 0 spiro atoms. The Labute approximate surface area is 143 Å². The minimum absolute atomic E-state index is 0.200. The van der Waals surface area contributed by atoms with Gasteiger partial charge in [0.25, 0.3) is 0 Å². The lowest BCUT2D eigenvalue weighted by molar-refractivity contribution is -0.136. The molecule has 2 aromatic rings. The van der Waals surface area contributed by atoms with Crippen molar-refractivity contribution in [3.05, 3.63) is 54.0 Å². The van der Waals surface area contributed by atoms with E-state index in [1.807, 2.05) is 0 Å². The maximum atomic E-state index is 11.9. The first-order valence-electron chi connectivity index (χ1n) is 7.37. The molecule has 2 rings (SSSR count). The highest BCUT2D eigenvalue weighted by Gasteiger charge is 2.28. The second-order valence-corrected chi connectivity index (χ2v) is 5.46. The number of carbonyl (C=O) groups is 3. The minimum atomic E-state index is -1.44. The Morgan fingerprint density at radius 2 is 1.84 bits per heavy atom. The summed E-state index contributed by atoms with van der Waals surface area (Å²) in [4.78, 5) is 35.0. The fourth-order valence-corrected chi connectivity index (χ4v) is 2.00. The molecule has 0 saturated heterocycles. The van der Waals surface area contributed by atoms with E-state index in [1.54, 1.807) is 12.1 Å². The first kappa shape index (κ1) is 18.2. The van der Waals surface area contributed by atoms with Gasteiger partial charge in [0.15, 0.2) is 0 Å². The Morgan fingerprint density at radius 3 is 2.40 bits per heavy atom. The van der Waals surface area contributed by atoms with Crippen LogP contribution in [0, 0.1) is 0 Å². The van der Waals surface area contributed by atoms with E-state index in [0.717, 1.165) is 0 Å². The summed E-state index contributed by atoms with van der Waals surface area (Å²) in [6, 6.07) is 9.03. The predicted molar refractivity (Wildman–Crippen MR) is 87.7 cm³/mol. The Balaban J connectivity index is 1.90. The first-order valence-corrected chi connectivity index (χ1v) is 7.37. The van der Waals surface area contributed by atoms with Crippen molar-refractivity contribution in [2.45, 2.75) is 12.5 Å². The zero-order valence-electron chi connectivity index (χ0n) is 13.7. The van der Waals surface area contributed by atoms with Gasteiger partial charge in [-0.1, -0.05) is 0 Å². The second kappa shape index (κ2) is 7.63. The predicted octanol–water partition coefficient (Wildman–Crippen LogP) is 1.03. The number of amides is 2. The molecule has 0 bridgehead atoms. The van der Waals surface area contributed by atoms with Gasteiger partial charge in [-0.2, -0.15) is 0 Å². The van der Waals surface area contributed by atoms with Crippen LogP contribution in [0.2, 0.25) is 0 Å². The molecular weight excluding hydrogens is 328 g/mol. The van der Waals surface area contributed by atoms with Crippen LogP contribution >= 0.6 is 0 Å². The van der Waals surface area contributed by atoms with E-state index in [9.17, 15) is 19.5 Å². The van der Waals surface area contributed by atoms with E-state index < -0.39 is 23.4 Å². The monoisotopic (exact) mass is 346 g/mol. The summed E-state index contributed by atoms with van der Waals surface area (Å²) in [5.74, 6) is -2.05. The summed E-state index contributed by atoms with van der Waals surface area (Å²) in [7, 11) is 1.26. The largest absolute Gasteiger partial charge is 0.466 e. The van der Waals surface area contributed by atoms with Crippen LogP contribution in [0.1, 0.15) is 23.0 Å². The summed E-state index contributed by atoms with van der Waals surface area (Å²) in [6.07, 6.45) is 1.40. The van der Waals surface area contributed by atoms with Crippen molar-refractivity contribution in [1.29, 1.82) is 0 Å². The van der Waals surface area contributed by atoms with Crippen LogP contribution < -0.4 is 10.6 Å². The molecule has 0 saturated carbocycles. The quantitative estimate of drug-likeness (QED) is 0.550. The van der Waals surface area contributed by atoms with Gasteiger partial charge in [-0.05, 0) is 43.3 Å². The molecule has 8 nitrogen and oxygen atoms in total. The lowest BCUT2D eigenvalue weighted by Gasteiger charge is -2.20. The molecule has 1 atom stereocenters. The number of aliphatic hydroxyl groups is 1. The lowest BCUT2D eigenvalue weighted by atomic mass is 10.0. The first-order chi connectivity index (χ1) is 11.8. The van der Waals surface area contributed by atoms with Gasteiger partial charge in [-0.3, -0.25) is 9.59 Å². The number of furan rings is 1. The van der Waals surface area contributed by atoms with E-state index in [2.05, 4.69) is 15.4 Å². The summed E-state index contributed by atoms with van der Waals surface area (Å²) < 4.78 is 9.65. The lowest BCUT2D eigenvalue weighted by Crippen LogP contribution is -2.43. The Hall–Kier alpha value is -3.13. The zero-order valence-corrected chi connectivity index (χ0v) is 13.7. The SMILES string of the molecule is COC(=O)c1ccc(NC(=O)C(=O)NC[C@@](C)(O)c2ccco2)cc1. The molecule has 1 aromatic heterocycles. The van der Waals surface area contributed by atoms with Crippen LogP contribution in [0.4, 0.5) is 5.69 Å². The third-order valence-electron chi connectivity index (χ3n) is 3.42. The molecule has 1 aromatic carbocycles. The average molecular weight is 346 g/mol. The standard InChI is InChI=1S/C17H18N2O6/c1-17(23,13-4-3-9-25-13)10-18-14(20)15(21)19-12-7-5-11(6-8-12)16(22)24-2/h3-9,23H,10H2,1-2H3,(H,18,20)(H,19,21)/t17-/m1/s1. The van der Waals surface area contributed by atoms with Crippen LogP contribution in [0.5, 0.6) is 0 Å². The number of ether oxygens (including phenoxy) is 1. The molecule has 3 N–H and O–H groups in total. The number of benzene rings is 1. The van der Waals surface area contributed by atoms with Gasteiger partial charge >= 0.3 is 17.8 Å². The highest BCUT2D eigenvalue weighted by molar-refractivity contribution is 6.39. The van der Waals surface area contributed by atoms with Gasteiger partial charge in [0.1, 0.15) is 11.4 Å². The van der Waals surface area contributed by atoms with E-state index >= 15 is 0 Å². The Bertz CT molecular complexity index is 750. The third kappa shape index (κ3) is 4.67. The number of rotatable bonds is 5. The number of hydrogen-bond donors (Lipinski definition) is 3. The molecule has 0 radical (unpaired) electrons. The van der Waals surface area contributed by atoms with Crippen LogP contribution in [-0.4, -0.2) is 36.5 Å². The van der Waals surface area contributed by atoms with Crippen molar-refractivity contribution in [3.63, 3.8) is 0 Å². The van der Waals surface area contributed by atoms with Crippen LogP contribution in [0.25, 0.3) is 0 Å². The molecule has 0 aliphatic carbocycles. The van der Waals surface area contributed by atoms with Gasteiger partial charge in [-0.15, -0.1) is 0 Å². The Kier molecular flexibility index (Phi) is 5.56. The molecule has 0 aliphatic rings. The van der Waals surface area contributed by atoms with Crippen molar-refractivity contribution in [2.24, 2.45) is 0 Å². The smallest absolute Gasteiger partial charge is 0.337 e. The van der Waals surface area contributed by atoms with Crippen molar-refractivity contribution < 1.29 is 28.6 Å². The summed E-state index contributed by atoms with van der Waals surface area (Å²) in [6.45, 7) is 1.25. The summed E-state index contributed by atoms with van der Waals surface area (Å²) >= 11 is 0. The molecule has 25 heavy (non-hydrogen) atoms. The van der Waals surface area contributed by atoms with Gasteiger partial charge < -0.3 is 24.9 Å². The van der Waals surface area contributed by atoms with Gasteiger partial charge in [0, 0.05) is 5.69 Å². The van der Waals surface area contributed by atoms with Crippen LogP contribution in [0.15, 0.2) is 47.1 Å². The zero-order chi connectivity index (χ0) is 18.4. The number of hydrogen-bond acceptors (Lipinski definition) is 6. The Morgan fingerprint density at radius 1 is 1.16 bits per heavy atom. The average Bonchev–Trinajstić information content (AvgIpc) is 3.15. The molecule has 0 unspecified atom stereocenters. The fourth-order valence-electron chi connectivity index (χ4n) is 2.00. The number of nitrogens with one attached hydrogen (secondary N) is 2. The van der Waals surface area contributed by atoms with Gasteiger partial charge in [0.2, 0.25) is 0 Å². The van der Waals surface area contributed by atoms with E-state index in [-0.39, 0.29) is 12.3 Å². The third-order valence-corrected chi connectivity index (χ3v) is 3.42. The van der Waals surface area contributed by atoms with Crippen molar-refractivity contribution >= 4 is 23.5 Å². The molecular formula is C17H18N2O6. The highest BCUT2D eigenvalue weighted by Crippen LogP contribution is 2.19.